The van der Waals surface area contributed by atoms with Crippen molar-refractivity contribution in [3.63, 3.8) is 0 Å². The normalized spacial score (nSPS) is 18.7. The third-order valence-electron chi connectivity index (χ3n) is 2.48. The quantitative estimate of drug-likeness (QED) is 0.710. The lowest BCUT2D eigenvalue weighted by atomic mass is 10.3. The van der Waals surface area contributed by atoms with Gasteiger partial charge < -0.3 is 9.15 Å². The van der Waals surface area contributed by atoms with Crippen molar-refractivity contribution in [1.29, 1.82) is 0 Å². The Morgan fingerprint density at radius 3 is 2.57 bits per heavy atom. The van der Waals surface area contributed by atoms with E-state index in [1.807, 2.05) is 13.8 Å². The van der Waals surface area contributed by atoms with E-state index in [9.17, 15) is 0 Å². The molecular weight excluding hydrogens is 180 g/mol. The molecule has 1 aliphatic heterocycles. The van der Waals surface area contributed by atoms with Crippen molar-refractivity contribution in [3.8, 4) is 0 Å². The first-order valence-corrected chi connectivity index (χ1v) is 4.99. The smallest absolute Gasteiger partial charge is 0.191 e. The summed E-state index contributed by atoms with van der Waals surface area (Å²) in [5.74, 6) is 1.69. The van der Waals surface area contributed by atoms with Gasteiger partial charge in [0.15, 0.2) is 5.89 Å². The van der Waals surface area contributed by atoms with E-state index in [0.29, 0.717) is 0 Å². The Bertz CT molecular complexity index is 303. The van der Waals surface area contributed by atoms with Crippen molar-refractivity contribution in [2.24, 2.45) is 0 Å². The number of hydrogen-bond donors (Lipinski definition) is 0. The molecule has 2 rings (SSSR count). The van der Waals surface area contributed by atoms with Crippen LogP contribution in [0.1, 0.15) is 17.3 Å². The zero-order valence-electron chi connectivity index (χ0n) is 8.75. The standard InChI is InChI=1S/C10H16N2O2/c1-8-10(11-9(2)14-8)7-12-3-5-13-6-4-12/h3-7H2,1-2H3. The Hall–Kier alpha value is -0.870. The average Bonchev–Trinajstić information content (AvgIpc) is 2.47. The third-order valence-corrected chi connectivity index (χ3v) is 2.48. The molecule has 4 nitrogen and oxygen atoms in total. The van der Waals surface area contributed by atoms with Gasteiger partial charge in [-0.25, -0.2) is 4.98 Å². The van der Waals surface area contributed by atoms with E-state index in [1.54, 1.807) is 0 Å². The summed E-state index contributed by atoms with van der Waals surface area (Å²) >= 11 is 0. The molecule has 14 heavy (non-hydrogen) atoms. The van der Waals surface area contributed by atoms with Gasteiger partial charge in [-0.1, -0.05) is 0 Å². The van der Waals surface area contributed by atoms with Crippen molar-refractivity contribution < 1.29 is 9.15 Å². The summed E-state index contributed by atoms with van der Waals surface area (Å²) in [5.41, 5.74) is 1.06. The van der Waals surface area contributed by atoms with Crippen LogP contribution in [0, 0.1) is 13.8 Å². The van der Waals surface area contributed by atoms with E-state index in [1.165, 1.54) is 0 Å². The lowest BCUT2D eigenvalue weighted by Crippen LogP contribution is -2.35. The highest BCUT2D eigenvalue weighted by molar-refractivity contribution is 5.07. The number of ether oxygens (including phenoxy) is 1. The summed E-state index contributed by atoms with van der Waals surface area (Å²) in [6, 6.07) is 0. The zero-order chi connectivity index (χ0) is 9.97. The summed E-state index contributed by atoms with van der Waals surface area (Å²) in [7, 11) is 0. The molecule has 0 spiro atoms. The molecule has 0 atom stereocenters. The van der Waals surface area contributed by atoms with Gasteiger partial charge in [0, 0.05) is 26.6 Å². The molecule has 0 saturated carbocycles. The number of aryl methyl sites for hydroxylation is 2. The molecule has 78 valence electrons. The molecule has 2 heterocycles. The molecular formula is C10H16N2O2. The van der Waals surface area contributed by atoms with Crippen molar-refractivity contribution in [2.75, 3.05) is 26.3 Å². The molecule has 1 aliphatic rings. The summed E-state index contributed by atoms with van der Waals surface area (Å²) in [6.45, 7) is 8.38. The van der Waals surface area contributed by atoms with Gasteiger partial charge in [-0.15, -0.1) is 0 Å². The predicted octanol–water partition coefficient (Wildman–Crippen LogP) is 1.12. The van der Waals surface area contributed by atoms with Crippen molar-refractivity contribution in [3.05, 3.63) is 17.3 Å². The number of oxazole rings is 1. The fraction of sp³-hybridized carbons (Fsp3) is 0.700. The molecule has 4 heteroatoms. The minimum atomic E-state index is 0.755. The first-order chi connectivity index (χ1) is 6.75. The first kappa shape index (κ1) is 9.68. The van der Waals surface area contributed by atoms with Crippen LogP contribution in [0.4, 0.5) is 0 Å². The van der Waals surface area contributed by atoms with Gasteiger partial charge in [-0.2, -0.15) is 0 Å². The minimum Gasteiger partial charge on any atom is -0.446 e. The molecule has 0 radical (unpaired) electrons. The molecule has 0 bridgehead atoms. The van der Waals surface area contributed by atoms with Gasteiger partial charge in [0.2, 0.25) is 0 Å². The van der Waals surface area contributed by atoms with E-state index < -0.39 is 0 Å². The van der Waals surface area contributed by atoms with E-state index in [2.05, 4.69) is 9.88 Å². The fourth-order valence-corrected chi connectivity index (χ4v) is 1.69. The summed E-state index contributed by atoms with van der Waals surface area (Å²) in [6.07, 6.45) is 0. The van der Waals surface area contributed by atoms with E-state index >= 15 is 0 Å². The highest BCUT2D eigenvalue weighted by Crippen LogP contribution is 2.12. The third kappa shape index (κ3) is 2.13. The summed E-state index contributed by atoms with van der Waals surface area (Å²) in [4.78, 5) is 6.70. The van der Waals surface area contributed by atoms with Crippen LogP contribution in [-0.4, -0.2) is 36.2 Å². The van der Waals surface area contributed by atoms with Crippen LogP contribution < -0.4 is 0 Å². The molecule has 1 fully saturated rings. The highest BCUT2D eigenvalue weighted by Gasteiger charge is 2.14. The molecule has 0 amide bonds. The van der Waals surface area contributed by atoms with Crippen LogP contribution in [0.15, 0.2) is 4.42 Å². The zero-order valence-corrected chi connectivity index (χ0v) is 8.75. The van der Waals surface area contributed by atoms with E-state index in [-0.39, 0.29) is 0 Å². The molecule has 0 unspecified atom stereocenters. The van der Waals surface area contributed by atoms with Crippen LogP contribution >= 0.6 is 0 Å². The number of rotatable bonds is 2. The van der Waals surface area contributed by atoms with Crippen LogP contribution in [0.5, 0.6) is 0 Å². The largest absolute Gasteiger partial charge is 0.446 e. The average molecular weight is 196 g/mol. The topological polar surface area (TPSA) is 38.5 Å². The van der Waals surface area contributed by atoms with Gasteiger partial charge in [-0.05, 0) is 6.92 Å². The Labute approximate surface area is 83.9 Å². The fourth-order valence-electron chi connectivity index (χ4n) is 1.69. The lowest BCUT2D eigenvalue weighted by Gasteiger charge is -2.25. The maximum atomic E-state index is 5.39. The second-order valence-electron chi connectivity index (χ2n) is 3.62. The number of hydrogen-bond acceptors (Lipinski definition) is 4. The Kier molecular flexibility index (Phi) is 2.84. The number of nitrogens with zero attached hydrogens (tertiary/aromatic N) is 2. The minimum absolute atomic E-state index is 0.755. The van der Waals surface area contributed by atoms with Crippen molar-refractivity contribution in [1.82, 2.24) is 9.88 Å². The molecule has 0 N–H and O–H groups in total. The van der Waals surface area contributed by atoms with Gasteiger partial charge in [0.1, 0.15) is 5.76 Å². The van der Waals surface area contributed by atoms with Crippen LogP contribution in [-0.2, 0) is 11.3 Å². The van der Waals surface area contributed by atoms with Crippen LogP contribution in [0.25, 0.3) is 0 Å². The second kappa shape index (κ2) is 4.11. The van der Waals surface area contributed by atoms with E-state index in [4.69, 9.17) is 9.15 Å². The maximum absolute atomic E-state index is 5.39. The summed E-state index contributed by atoms with van der Waals surface area (Å²) in [5, 5.41) is 0. The second-order valence-corrected chi connectivity index (χ2v) is 3.62. The monoisotopic (exact) mass is 196 g/mol. The van der Waals surface area contributed by atoms with E-state index in [0.717, 1.165) is 50.2 Å². The Morgan fingerprint density at radius 2 is 2.00 bits per heavy atom. The summed E-state index contributed by atoms with van der Waals surface area (Å²) < 4.78 is 10.7. The molecule has 0 aromatic carbocycles. The highest BCUT2D eigenvalue weighted by atomic mass is 16.5. The predicted molar refractivity (Wildman–Crippen MR) is 52.1 cm³/mol. The van der Waals surface area contributed by atoms with Crippen LogP contribution in [0.2, 0.25) is 0 Å². The molecule has 1 aromatic rings. The molecule has 1 aromatic heterocycles. The molecule has 1 saturated heterocycles. The van der Waals surface area contributed by atoms with Gasteiger partial charge in [0.05, 0.1) is 18.9 Å². The lowest BCUT2D eigenvalue weighted by molar-refractivity contribution is 0.0335. The maximum Gasteiger partial charge on any atom is 0.191 e. The van der Waals surface area contributed by atoms with Gasteiger partial charge in [0.25, 0.3) is 0 Å². The van der Waals surface area contributed by atoms with Gasteiger partial charge >= 0.3 is 0 Å². The Morgan fingerprint density at radius 1 is 1.29 bits per heavy atom. The first-order valence-electron chi connectivity index (χ1n) is 4.99. The van der Waals surface area contributed by atoms with Gasteiger partial charge in [-0.3, -0.25) is 4.90 Å². The SMILES string of the molecule is Cc1nc(CN2CCOCC2)c(C)o1. The Balaban J connectivity index is 1.98. The number of aromatic nitrogens is 1. The van der Waals surface area contributed by atoms with Crippen molar-refractivity contribution >= 4 is 0 Å². The van der Waals surface area contributed by atoms with Crippen molar-refractivity contribution in [2.45, 2.75) is 20.4 Å². The number of morpholine rings is 1. The molecule has 0 aliphatic carbocycles. The van der Waals surface area contributed by atoms with Crippen LogP contribution in [0.3, 0.4) is 0 Å².